The number of ether oxygens (including phenoxy) is 2. The molecule has 9 heteroatoms. The molecular formula is C17H16BrN5O3. The predicted octanol–water partition coefficient (Wildman–Crippen LogP) is 2.09. The van der Waals surface area contributed by atoms with Crippen LogP contribution >= 0.6 is 15.9 Å². The summed E-state index contributed by atoms with van der Waals surface area (Å²) in [6, 6.07) is 5.59. The van der Waals surface area contributed by atoms with Gasteiger partial charge in [0.1, 0.15) is 11.6 Å². The maximum absolute atomic E-state index is 11.9. The van der Waals surface area contributed by atoms with Gasteiger partial charge in [0.2, 0.25) is 5.88 Å². The zero-order chi connectivity index (χ0) is 18.9. The van der Waals surface area contributed by atoms with Gasteiger partial charge in [-0.1, -0.05) is 6.07 Å². The molecule has 1 N–H and O–H groups in total. The number of hydrogen-bond donors (Lipinski definition) is 1. The van der Waals surface area contributed by atoms with Crippen molar-refractivity contribution in [3.05, 3.63) is 51.4 Å². The van der Waals surface area contributed by atoms with Crippen molar-refractivity contribution in [1.29, 1.82) is 5.26 Å². The van der Waals surface area contributed by atoms with Gasteiger partial charge in [-0.2, -0.15) is 10.4 Å². The molecule has 2 heterocycles. The van der Waals surface area contributed by atoms with Gasteiger partial charge in [-0.25, -0.2) is 10.4 Å². The Kier molecular flexibility index (Phi) is 7.20. The summed E-state index contributed by atoms with van der Waals surface area (Å²) in [6.45, 7) is 1.64. The standard InChI is InChI=1S/C17H16BrN5O3/c1-11-16(18)14(9-25-2)13(6-19)17(22-11)26-10-15(24)23-21-8-12-4-3-5-20-7-12/h3-5,7-8H,9-10H2,1-2H3,(H,23,24)/b21-8+. The molecule has 0 fully saturated rings. The van der Waals surface area contributed by atoms with E-state index in [1.54, 1.807) is 31.5 Å². The molecule has 2 aromatic rings. The molecule has 0 aromatic carbocycles. The highest BCUT2D eigenvalue weighted by Crippen LogP contribution is 2.29. The number of carbonyl (C=O) groups excluding carboxylic acids is 1. The first-order valence-electron chi connectivity index (χ1n) is 7.49. The third-order valence-corrected chi connectivity index (χ3v) is 4.25. The lowest BCUT2D eigenvalue weighted by Crippen LogP contribution is -2.25. The van der Waals surface area contributed by atoms with Crippen molar-refractivity contribution in [1.82, 2.24) is 15.4 Å². The number of hydrazone groups is 1. The van der Waals surface area contributed by atoms with E-state index in [2.05, 4.69) is 36.4 Å². The molecule has 0 atom stereocenters. The second-order valence-electron chi connectivity index (χ2n) is 5.08. The van der Waals surface area contributed by atoms with Gasteiger partial charge in [0.05, 0.1) is 18.5 Å². The van der Waals surface area contributed by atoms with Gasteiger partial charge in [-0.3, -0.25) is 9.78 Å². The molecule has 26 heavy (non-hydrogen) atoms. The maximum atomic E-state index is 11.9. The number of rotatable bonds is 7. The second kappa shape index (κ2) is 9.60. The van der Waals surface area contributed by atoms with Crippen molar-refractivity contribution in [3.8, 4) is 11.9 Å². The molecular weight excluding hydrogens is 402 g/mol. The predicted molar refractivity (Wildman–Crippen MR) is 97.6 cm³/mol. The fourth-order valence-electron chi connectivity index (χ4n) is 2.01. The van der Waals surface area contributed by atoms with Crippen LogP contribution in [0.5, 0.6) is 5.88 Å². The number of aryl methyl sites for hydroxylation is 1. The first-order valence-corrected chi connectivity index (χ1v) is 8.28. The third-order valence-electron chi connectivity index (χ3n) is 3.20. The largest absolute Gasteiger partial charge is 0.467 e. The summed E-state index contributed by atoms with van der Waals surface area (Å²) >= 11 is 3.39. The highest BCUT2D eigenvalue weighted by Gasteiger charge is 2.18. The van der Waals surface area contributed by atoms with Crippen LogP contribution in [-0.2, 0) is 16.1 Å². The Hall–Kier alpha value is -2.83. The molecule has 0 bridgehead atoms. The van der Waals surface area contributed by atoms with E-state index in [1.165, 1.54) is 13.3 Å². The van der Waals surface area contributed by atoms with E-state index in [4.69, 9.17) is 9.47 Å². The Labute approximate surface area is 159 Å². The summed E-state index contributed by atoms with van der Waals surface area (Å²) in [6.07, 6.45) is 4.71. The van der Waals surface area contributed by atoms with Crippen LogP contribution in [0, 0.1) is 18.3 Å². The van der Waals surface area contributed by atoms with Gasteiger partial charge in [0.15, 0.2) is 6.61 Å². The first kappa shape index (κ1) is 19.5. The minimum atomic E-state index is -0.482. The number of nitrogens with zero attached hydrogens (tertiary/aromatic N) is 4. The molecule has 0 radical (unpaired) electrons. The monoisotopic (exact) mass is 417 g/mol. The lowest BCUT2D eigenvalue weighted by atomic mass is 10.1. The number of hydrogen-bond acceptors (Lipinski definition) is 7. The normalized spacial score (nSPS) is 10.5. The minimum Gasteiger partial charge on any atom is -0.467 e. The second-order valence-corrected chi connectivity index (χ2v) is 5.88. The van der Waals surface area contributed by atoms with Gasteiger partial charge < -0.3 is 9.47 Å². The number of nitrogens with one attached hydrogen (secondary N) is 1. The van der Waals surface area contributed by atoms with Crippen LogP contribution in [0.1, 0.15) is 22.4 Å². The molecule has 134 valence electrons. The summed E-state index contributed by atoms with van der Waals surface area (Å²) in [7, 11) is 1.53. The van der Waals surface area contributed by atoms with Gasteiger partial charge in [-0.15, -0.1) is 0 Å². The van der Waals surface area contributed by atoms with Crippen LogP contribution < -0.4 is 10.2 Å². The molecule has 1 amide bonds. The first-order chi connectivity index (χ1) is 12.6. The van der Waals surface area contributed by atoms with E-state index in [0.29, 0.717) is 15.7 Å². The smallest absolute Gasteiger partial charge is 0.278 e. The molecule has 0 saturated carbocycles. The summed E-state index contributed by atoms with van der Waals surface area (Å²) in [5.74, 6) is -0.406. The SMILES string of the molecule is COCc1c(Br)c(C)nc(OCC(=O)N/N=C/c2cccnc2)c1C#N. The van der Waals surface area contributed by atoms with Crippen molar-refractivity contribution in [2.75, 3.05) is 13.7 Å². The Morgan fingerprint density at radius 1 is 1.54 bits per heavy atom. The van der Waals surface area contributed by atoms with Crippen LogP contribution in [0.4, 0.5) is 0 Å². The Bertz CT molecular complexity index is 850. The minimum absolute atomic E-state index is 0.0756. The summed E-state index contributed by atoms with van der Waals surface area (Å²) in [5.41, 5.74) is 4.55. The zero-order valence-electron chi connectivity index (χ0n) is 14.2. The van der Waals surface area contributed by atoms with Gasteiger partial charge in [0.25, 0.3) is 5.91 Å². The summed E-state index contributed by atoms with van der Waals surface area (Å²) < 4.78 is 11.2. The molecule has 0 saturated heterocycles. The quantitative estimate of drug-likeness (QED) is 0.545. The molecule has 0 unspecified atom stereocenters. The number of pyridine rings is 2. The number of aromatic nitrogens is 2. The Balaban J connectivity index is 2.03. The van der Waals surface area contributed by atoms with Crippen molar-refractivity contribution < 1.29 is 14.3 Å². The molecule has 2 rings (SSSR count). The van der Waals surface area contributed by atoms with Gasteiger partial charge in [0, 0.05) is 35.1 Å². The zero-order valence-corrected chi connectivity index (χ0v) is 15.8. The number of carbonyl (C=O) groups is 1. The lowest BCUT2D eigenvalue weighted by Gasteiger charge is -2.13. The van der Waals surface area contributed by atoms with E-state index < -0.39 is 5.91 Å². The average Bonchev–Trinajstić information content (AvgIpc) is 2.65. The van der Waals surface area contributed by atoms with Crippen LogP contribution in [0.3, 0.4) is 0 Å². The van der Waals surface area contributed by atoms with E-state index >= 15 is 0 Å². The number of nitriles is 1. The topological polar surface area (TPSA) is 109 Å². The van der Waals surface area contributed by atoms with E-state index in [0.717, 1.165) is 5.56 Å². The van der Waals surface area contributed by atoms with Crippen molar-refractivity contribution in [2.45, 2.75) is 13.5 Å². The third kappa shape index (κ3) is 5.08. The van der Waals surface area contributed by atoms with Gasteiger partial charge in [-0.05, 0) is 28.9 Å². The number of methoxy groups -OCH3 is 1. The molecule has 0 spiro atoms. The number of amides is 1. The lowest BCUT2D eigenvalue weighted by molar-refractivity contribution is -0.123. The average molecular weight is 418 g/mol. The van der Waals surface area contributed by atoms with Crippen LogP contribution in [-0.4, -0.2) is 35.8 Å². The molecule has 0 aliphatic rings. The van der Waals surface area contributed by atoms with Gasteiger partial charge >= 0.3 is 0 Å². The fourth-order valence-corrected chi connectivity index (χ4v) is 2.41. The Morgan fingerprint density at radius 2 is 2.35 bits per heavy atom. The summed E-state index contributed by atoms with van der Waals surface area (Å²) in [4.78, 5) is 20.0. The van der Waals surface area contributed by atoms with E-state index in [1.807, 2.05) is 6.07 Å². The highest BCUT2D eigenvalue weighted by atomic mass is 79.9. The van der Waals surface area contributed by atoms with Crippen molar-refractivity contribution in [2.24, 2.45) is 5.10 Å². The van der Waals surface area contributed by atoms with E-state index in [9.17, 15) is 10.1 Å². The maximum Gasteiger partial charge on any atom is 0.278 e. The Morgan fingerprint density at radius 3 is 3.00 bits per heavy atom. The molecule has 2 aromatic heterocycles. The number of halogens is 1. The van der Waals surface area contributed by atoms with Crippen LogP contribution in [0.15, 0.2) is 34.1 Å². The van der Waals surface area contributed by atoms with E-state index in [-0.39, 0.29) is 24.7 Å². The van der Waals surface area contributed by atoms with Crippen LogP contribution in [0.25, 0.3) is 0 Å². The van der Waals surface area contributed by atoms with Crippen molar-refractivity contribution >= 4 is 28.1 Å². The summed E-state index contributed by atoms with van der Waals surface area (Å²) in [5, 5.41) is 13.2. The molecule has 8 nitrogen and oxygen atoms in total. The van der Waals surface area contributed by atoms with Crippen molar-refractivity contribution in [3.63, 3.8) is 0 Å². The fraction of sp³-hybridized carbons (Fsp3) is 0.235. The highest BCUT2D eigenvalue weighted by molar-refractivity contribution is 9.10. The van der Waals surface area contributed by atoms with Crippen LogP contribution in [0.2, 0.25) is 0 Å². The molecule has 0 aliphatic carbocycles. The molecule has 0 aliphatic heterocycles.